The minimum Gasteiger partial charge on any atom is -0.497 e. The van der Waals surface area contributed by atoms with Crippen molar-refractivity contribution in [1.29, 1.82) is 0 Å². The number of thioether (sulfide) groups is 1. The van der Waals surface area contributed by atoms with Crippen molar-refractivity contribution in [2.45, 2.75) is 13.0 Å². The molecule has 2 aromatic rings. The first-order valence-corrected chi connectivity index (χ1v) is 10.3. The lowest BCUT2D eigenvalue weighted by Gasteiger charge is -2.32. The first-order chi connectivity index (χ1) is 13.9. The number of carboxylic acids is 1. The molecule has 0 radical (unpaired) electrons. The second-order valence-electron chi connectivity index (χ2n) is 6.47. The molecule has 0 bridgehead atoms. The molecule has 156 valence electrons. The Kier molecular flexibility index (Phi) is 6.72. The molecule has 2 heterocycles. The topological polar surface area (TPSA) is 62.1 Å². The van der Waals surface area contributed by atoms with Crippen molar-refractivity contribution >= 4 is 63.4 Å². The van der Waals surface area contributed by atoms with E-state index in [-0.39, 0.29) is 18.0 Å². The summed E-state index contributed by atoms with van der Waals surface area (Å²) in [6.07, 6.45) is 1.86. The van der Waals surface area contributed by atoms with Gasteiger partial charge in [-0.3, -0.25) is 0 Å². The van der Waals surface area contributed by atoms with Gasteiger partial charge in [0.25, 0.3) is 0 Å². The molecule has 0 spiro atoms. The molecule has 0 unspecified atom stereocenters. The largest absolute Gasteiger partial charge is 0.497 e. The van der Waals surface area contributed by atoms with Gasteiger partial charge in [-0.1, -0.05) is 41.4 Å². The van der Waals surface area contributed by atoms with Crippen LogP contribution in [0.2, 0.25) is 10.0 Å². The van der Waals surface area contributed by atoms with Crippen LogP contribution in [0.5, 0.6) is 5.75 Å². The van der Waals surface area contributed by atoms with Crippen molar-refractivity contribution in [2.24, 2.45) is 4.99 Å². The zero-order valence-electron chi connectivity index (χ0n) is 15.9. The van der Waals surface area contributed by atoms with E-state index in [4.69, 9.17) is 27.9 Å². The number of aliphatic carboxylic acids is 1. The number of fused-ring (bicyclic) bond motifs is 1. The van der Waals surface area contributed by atoms with Gasteiger partial charge in [0.05, 0.1) is 34.5 Å². The Morgan fingerprint density at radius 3 is 2.37 bits per heavy atom. The standard InChI is InChI=1S/C21H16Cl2N2O3S.ClH/c1-11-17(20(26)27)19(12-6-8-13(28-2)9-7-12)25-10-16(29-21(25)24-11)18-14(22)4-3-5-15(18)23;/h3-10,19H,1-2H3,(H,26,27);1H/t19-;/m0./s1. The van der Waals surface area contributed by atoms with Crippen LogP contribution in [0.1, 0.15) is 24.1 Å². The molecular formula is C21H17Cl3N2O3S. The van der Waals surface area contributed by atoms with Crippen LogP contribution in [0.3, 0.4) is 0 Å². The molecule has 4 rings (SSSR count). The number of amidine groups is 1. The summed E-state index contributed by atoms with van der Waals surface area (Å²) in [6, 6.07) is 12.2. The number of ether oxygens (including phenoxy) is 1. The number of allylic oxidation sites excluding steroid dienone is 1. The number of aliphatic imine (C=N–C) groups is 1. The highest BCUT2D eigenvalue weighted by Crippen LogP contribution is 2.48. The Morgan fingerprint density at radius 1 is 1.17 bits per heavy atom. The first-order valence-electron chi connectivity index (χ1n) is 8.69. The number of carbonyl (C=O) groups is 1. The normalized spacial score (nSPS) is 17.7. The summed E-state index contributed by atoms with van der Waals surface area (Å²) in [5.41, 5.74) is 2.22. The SMILES string of the molecule is COc1ccc([C@H]2C(C(=O)O)=C(C)N=C3SC(c4c(Cl)cccc4Cl)=CN32)cc1.Cl. The van der Waals surface area contributed by atoms with Crippen molar-refractivity contribution < 1.29 is 14.6 Å². The molecule has 0 saturated heterocycles. The lowest BCUT2D eigenvalue weighted by molar-refractivity contribution is -0.133. The predicted molar refractivity (Wildman–Crippen MR) is 125 cm³/mol. The van der Waals surface area contributed by atoms with Crippen molar-refractivity contribution in [3.05, 3.63) is 81.1 Å². The molecule has 30 heavy (non-hydrogen) atoms. The van der Waals surface area contributed by atoms with Crippen LogP contribution in [-0.2, 0) is 4.79 Å². The minimum absolute atomic E-state index is 0. The Bertz CT molecular complexity index is 1080. The molecule has 9 heteroatoms. The van der Waals surface area contributed by atoms with Crippen LogP contribution in [0, 0.1) is 0 Å². The Hall–Kier alpha value is -2.12. The molecule has 0 aliphatic carbocycles. The second-order valence-corrected chi connectivity index (χ2v) is 8.30. The summed E-state index contributed by atoms with van der Waals surface area (Å²) in [7, 11) is 1.59. The Morgan fingerprint density at radius 2 is 1.80 bits per heavy atom. The summed E-state index contributed by atoms with van der Waals surface area (Å²) in [6.45, 7) is 1.71. The van der Waals surface area contributed by atoms with E-state index in [1.807, 2.05) is 35.4 Å². The van der Waals surface area contributed by atoms with Crippen LogP contribution in [-0.4, -0.2) is 28.3 Å². The Balaban J connectivity index is 0.00000256. The number of methoxy groups -OCH3 is 1. The van der Waals surface area contributed by atoms with Crippen molar-refractivity contribution in [3.63, 3.8) is 0 Å². The third kappa shape index (κ3) is 3.93. The average Bonchev–Trinajstić information content (AvgIpc) is 3.09. The fourth-order valence-corrected chi connectivity index (χ4v) is 5.24. The van der Waals surface area contributed by atoms with E-state index in [0.717, 1.165) is 10.5 Å². The van der Waals surface area contributed by atoms with E-state index >= 15 is 0 Å². The average molecular weight is 484 g/mol. The highest BCUT2D eigenvalue weighted by molar-refractivity contribution is 8.22. The lowest BCUT2D eigenvalue weighted by Crippen LogP contribution is -2.33. The van der Waals surface area contributed by atoms with Gasteiger partial charge in [0.1, 0.15) is 5.75 Å². The van der Waals surface area contributed by atoms with E-state index in [1.165, 1.54) is 11.8 Å². The fourth-order valence-electron chi connectivity index (χ4n) is 3.40. The van der Waals surface area contributed by atoms with Gasteiger partial charge in [-0.25, -0.2) is 9.79 Å². The molecule has 1 atom stereocenters. The van der Waals surface area contributed by atoms with Crippen LogP contribution >= 0.6 is 47.4 Å². The third-order valence-electron chi connectivity index (χ3n) is 4.75. The molecule has 1 N–H and O–H groups in total. The van der Waals surface area contributed by atoms with E-state index < -0.39 is 12.0 Å². The molecular weight excluding hydrogens is 467 g/mol. The van der Waals surface area contributed by atoms with Crippen molar-refractivity contribution in [2.75, 3.05) is 7.11 Å². The van der Waals surface area contributed by atoms with Crippen LogP contribution in [0.15, 0.2) is 64.9 Å². The maximum absolute atomic E-state index is 12.1. The summed E-state index contributed by atoms with van der Waals surface area (Å²) in [5, 5.41) is 11.6. The van der Waals surface area contributed by atoms with Gasteiger partial charge in [0.15, 0.2) is 5.17 Å². The molecule has 0 aromatic heterocycles. The van der Waals surface area contributed by atoms with Gasteiger partial charge >= 0.3 is 5.97 Å². The number of rotatable bonds is 4. The van der Waals surface area contributed by atoms with Crippen molar-refractivity contribution in [1.82, 2.24) is 4.90 Å². The summed E-state index contributed by atoms with van der Waals surface area (Å²) in [4.78, 5) is 19.3. The molecule has 0 amide bonds. The molecule has 0 saturated carbocycles. The number of hydrogen-bond acceptors (Lipinski definition) is 5. The van der Waals surface area contributed by atoms with E-state index in [1.54, 1.807) is 32.2 Å². The zero-order valence-corrected chi connectivity index (χ0v) is 19.1. The zero-order chi connectivity index (χ0) is 20.7. The third-order valence-corrected chi connectivity index (χ3v) is 6.40. The lowest BCUT2D eigenvalue weighted by atomic mass is 9.95. The van der Waals surface area contributed by atoms with Gasteiger partial charge in [-0.2, -0.15) is 0 Å². The number of halogens is 3. The molecule has 5 nitrogen and oxygen atoms in total. The number of benzene rings is 2. The number of hydrogen-bond donors (Lipinski definition) is 1. The first kappa shape index (κ1) is 22.6. The van der Waals surface area contributed by atoms with Crippen LogP contribution < -0.4 is 4.74 Å². The summed E-state index contributed by atoms with van der Waals surface area (Å²) >= 11 is 14.2. The predicted octanol–water partition coefficient (Wildman–Crippen LogP) is 6.24. The number of carboxylic acid groups (broad SMARTS) is 1. The van der Waals surface area contributed by atoms with Gasteiger partial charge in [-0.15, -0.1) is 12.4 Å². The Labute approximate surface area is 194 Å². The second kappa shape index (κ2) is 8.94. The molecule has 2 aliphatic heterocycles. The molecule has 2 aromatic carbocycles. The highest BCUT2D eigenvalue weighted by Gasteiger charge is 2.39. The fraction of sp³-hybridized carbons (Fsp3) is 0.143. The molecule has 0 fully saturated rings. The van der Waals surface area contributed by atoms with Crippen LogP contribution in [0.4, 0.5) is 0 Å². The molecule has 2 aliphatic rings. The minimum atomic E-state index is -1.01. The monoisotopic (exact) mass is 482 g/mol. The van der Waals surface area contributed by atoms with E-state index in [9.17, 15) is 9.90 Å². The van der Waals surface area contributed by atoms with E-state index in [2.05, 4.69) is 4.99 Å². The maximum Gasteiger partial charge on any atom is 0.335 e. The van der Waals surface area contributed by atoms with Gasteiger partial charge in [-0.05, 0) is 48.5 Å². The summed E-state index contributed by atoms with van der Waals surface area (Å²) in [5.74, 6) is -0.306. The van der Waals surface area contributed by atoms with Crippen molar-refractivity contribution in [3.8, 4) is 5.75 Å². The maximum atomic E-state index is 12.1. The van der Waals surface area contributed by atoms with Gasteiger partial charge in [0.2, 0.25) is 0 Å². The van der Waals surface area contributed by atoms with Gasteiger partial charge < -0.3 is 14.7 Å². The van der Waals surface area contributed by atoms with Crippen LogP contribution in [0.25, 0.3) is 4.91 Å². The summed E-state index contributed by atoms with van der Waals surface area (Å²) < 4.78 is 5.23. The number of nitrogens with zero attached hydrogens (tertiary/aromatic N) is 2. The van der Waals surface area contributed by atoms with Gasteiger partial charge in [0, 0.05) is 16.7 Å². The highest BCUT2D eigenvalue weighted by atomic mass is 35.5. The quantitative estimate of drug-likeness (QED) is 0.557. The van der Waals surface area contributed by atoms with E-state index in [0.29, 0.717) is 32.2 Å². The smallest absolute Gasteiger partial charge is 0.335 e.